The molecule has 1 aliphatic heterocycles. The molecule has 5 nitrogen and oxygen atoms in total. The van der Waals surface area contributed by atoms with Crippen LogP contribution in [0.4, 0.5) is 18.9 Å². The monoisotopic (exact) mass is 439 g/mol. The molecular weight excluding hydrogens is 419 g/mol. The lowest BCUT2D eigenvalue weighted by Gasteiger charge is -2.22. The minimum Gasteiger partial charge on any atom is -0.472 e. The summed E-state index contributed by atoms with van der Waals surface area (Å²) in [5.74, 6) is 0.149. The Morgan fingerprint density at radius 3 is 2.66 bits per heavy atom. The molecule has 1 saturated heterocycles. The highest BCUT2D eigenvalue weighted by Crippen LogP contribution is 2.33. The van der Waals surface area contributed by atoms with Crippen molar-refractivity contribution in [3.05, 3.63) is 77.5 Å². The van der Waals surface area contributed by atoms with Crippen molar-refractivity contribution in [1.82, 2.24) is 4.98 Å². The smallest absolute Gasteiger partial charge is 0.417 e. The molecule has 2 heterocycles. The Morgan fingerprint density at radius 1 is 1.16 bits per heavy atom. The summed E-state index contributed by atoms with van der Waals surface area (Å²) >= 11 is 0. The lowest BCUT2D eigenvalue weighted by Crippen LogP contribution is -2.25. The number of nitriles is 1. The Bertz CT molecular complexity index is 1140. The number of halogens is 3. The summed E-state index contributed by atoms with van der Waals surface area (Å²) < 4.78 is 43.8. The van der Waals surface area contributed by atoms with Gasteiger partial charge in [-0.1, -0.05) is 24.3 Å². The molecule has 4 rings (SSSR count). The van der Waals surface area contributed by atoms with Crippen molar-refractivity contribution >= 4 is 5.69 Å². The maximum Gasteiger partial charge on any atom is 0.417 e. The Morgan fingerprint density at radius 2 is 1.97 bits per heavy atom. The largest absolute Gasteiger partial charge is 0.472 e. The predicted octanol–water partition coefficient (Wildman–Crippen LogP) is 4.79. The first kappa shape index (κ1) is 21.7. The number of aliphatic hydroxyl groups is 1. The van der Waals surface area contributed by atoms with Crippen LogP contribution in [0.5, 0.6) is 5.88 Å². The number of alkyl halides is 3. The van der Waals surface area contributed by atoms with E-state index in [0.29, 0.717) is 25.1 Å². The molecule has 1 unspecified atom stereocenters. The number of aliphatic hydroxyl groups excluding tert-OH is 1. The fourth-order valence-corrected chi connectivity index (χ4v) is 3.85. The molecule has 2 aromatic carbocycles. The van der Waals surface area contributed by atoms with Crippen LogP contribution >= 0.6 is 0 Å². The van der Waals surface area contributed by atoms with Gasteiger partial charge in [-0.05, 0) is 35.4 Å². The Kier molecular flexibility index (Phi) is 6.01. The van der Waals surface area contributed by atoms with Crippen molar-refractivity contribution in [3.63, 3.8) is 0 Å². The number of pyridine rings is 1. The maximum atomic E-state index is 12.7. The molecule has 0 radical (unpaired) electrons. The van der Waals surface area contributed by atoms with Crippen LogP contribution in [-0.2, 0) is 12.8 Å². The summed E-state index contributed by atoms with van der Waals surface area (Å²) in [4.78, 5) is 5.84. The number of anilines is 1. The van der Waals surface area contributed by atoms with Gasteiger partial charge in [0, 0.05) is 36.5 Å². The molecule has 1 fully saturated rings. The molecule has 0 bridgehead atoms. The molecule has 32 heavy (non-hydrogen) atoms. The molecule has 3 aromatic rings. The maximum absolute atomic E-state index is 12.7. The second-order valence-electron chi connectivity index (χ2n) is 7.52. The fourth-order valence-electron chi connectivity index (χ4n) is 3.85. The van der Waals surface area contributed by atoms with E-state index in [1.807, 2.05) is 30.3 Å². The summed E-state index contributed by atoms with van der Waals surface area (Å²) in [7, 11) is 0. The first-order chi connectivity index (χ1) is 15.4. The molecule has 1 atom stereocenters. The molecule has 1 aliphatic rings. The molecule has 0 amide bonds. The SMILES string of the molecule is N#Cc1ccccc1-c1ccc(N2CCC(Oc3ccc(C(F)(F)F)cn3)C2)c(CO)c1. The summed E-state index contributed by atoms with van der Waals surface area (Å²) in [6.07, 6.45) is -3.23. The van der Waals surface area contributed by atoms with Gasteiger partial charge in [-0.25, -0.2) is 4.98 Å². The van der Waals surface area contributed by atoms with E-state index in [-0.39, 0.29) is 18.6 Å². The van der Waals surface area contributed by atoms with E-state index in [0.717, 1.165) is 34.6 Å². The van der Waals surface area contributed by atoms with Gasteiger partial charge in [0.05, 0.1) is 30.3 Å². The van der Waals surface area contributed by atoms with Crippen LogP contribution in [-0.4, -0.2) is 29.3 Å². The van der Waals surface area contributed by atoms with Crippen molar-refractivity contribution in [2.75, 3.05) is 18.0 Å². The number of rotatable bonds is 5. The van der Waals surface area contributed by atoms with Gasteiger partial charge in [0.2, 0.25) is 5.88 Å². The highest BCUT2D eigenvalue weighted by molar-refractivity contribution is 5.74. The minimum atomic E-state index is -4.43. The predicted molar refractivity (Wildman–Crippen MR) is 113 cm³/mol. The second kappa shape index (κ2) is 8.89. The number of hydrogen-bond acceptors (Lipinski definition) is 5. The Hall–Kier alpha value is -3.57. The van der Waals surface area contributed by atoms with E-state index in [1.54, 1.807) is 12.1 Å². The highest BCUT2D eigenvalue weighted by Gasteiger charge is 2.31. The van der Waals surface area contributed by atoms with Gasteiger partial charge < -0.3 is 14.7 Å². The molecule has 1 aromatic heterocycles. The Labute approximate surface area is 183 Å². The van der Waals surface area contributed by atoms with Gasteiger partial charge in [0.25, 0.3) is 0 Å². The minimum absolute atomic E-state index is 0.149. The van der Waals surface area contributed by atoms with Crippen molar-refractivity contribution in [3.8, 4) is 23.1 Å². The summed E-state index contributed by atoms with van der Waals surface area (Å²) in [5.41, 5.74) is 2.97. The molecule has 1 N–H and O–H groups in total. The molecule has 8 heteroatoms. The van der Waals surface area contributed by atoms with Gasteiger partial charge in [-0.3, -0.25) is 0 Å². The molecule has 164 valence electrons. The van der Waals surface area contributed by atoms with Crippen LogP contribution in [0.2, 0.25) is 0 Å². The number of nitrogens with zero attached hydrogens (tertiary/aromatic N) is 3. The zero-order chi connectivity index (χ0) is 22.7. The van der Waals surface area contributed by atoms with Gasteiger partial charge in [0.15, 0.2) is 0 Å². The van der Waals surface area contributed by atoms with E-state index in [9.17, 15) is 23.5 Å². The molecule has 0 aliphatic carbocycles. The summed E-state index contributed by atoms with van der Waals surface area (Å²) in [5, 5.41) is 19.3. The third-order valence-electron chi connectivity index (χ3n) is 5.45. The lowest BCUT2D eigenvalue weighted by atomic mass is 9.98. The van der Waals surface area contributed by atoms with Crippen LogP contribution in [0.15, 0.2) is 60.8 Å². The highest BCUT2D eigenvalue weighted by atomic mass is 19.4. The van der Waals surface area contributed by atoms with Crippen LogP contribution in [0, 0.1) is 11.3 Å². The van der Waals surface area contributed by atoms with E-state index in [1.165, 1.54) is 6.07 Å². The number of aromatic nitrogens is 1. The molecule has 0 saturated carbocycles. The van der Waals surface area contributed by atoms with Crippen molar-refractivity contribution in [2.24, 2.45) is 0 Å². The Balaban J connectivity index is 1.48. The first-order valence-corrected chi connectivity index (χ1v) is 10.1. The average Bonchev–Trinajstić information content (AvgIpc) is 3.26. The first-order valence-electron chi connectivity index (χ1n) is 10.1. The van der Waals surface area contributed by atoms with Crippen molar-refractivity contribution in [1.29, 1.82) is 5.26 Å². The second-order valence-corrected chi connectivity index (χ2v) is 7.52. The van der Waals surface area contributed by atoms with Crippen molar-refractivity contribution in [2.45, 2.75) is 25.3 Å². The van der Waals surface area contributed by atoms with E-state index in [2.05, 4.69) is 16.0 Å². The number of hydrogen-bond donors (Lipinski definition) is 1. The van der Waals surface area contributed by atoms with E-state index < -0.39 is 11.7 Å². The van der Waals surface area contributed by atoms with Crippen LogP contribution < -0.4 is 9.64 Å². The lowest BCUT2D eigenvalue weighted by molar-refractivity contribution is -0.137. The van der Waals surface area contributed by atoms with Gasteiger partial charge in [-0.15, -0.1) is 0 Å². The average molecular weight is 439 g/mol. The molecular formula is C24H20F3N3O2. The van der Waals surface area contributed by atoms with Crippen LogP contribution in [0.1, 0.15) is 23.1 Å². The van der Waals surface area contributed by atoms with Crippen LogP contribution in [0.25, 0.3) is 11.1 Å². The molecule has 0 spiro atoms. The van der Waals surface area contributed by atoms with Crippen LogP contribution in [0.3, 0.4) is 0 Å². The third kappa shape index (κ3) is 4.53. The van der Waals surface area contributed by atoms with E-state index >= 15 is 0 Å². The quantitative estimate of drug-likeness (QED) is 0.619. The van der Waals surface area contributed by atoms with Gasteiger partial charge in [-0.2, -0.15) is 18.4 Å². The zero-order valence-corrected chi connectivity index (χ0v) is 17.0. The van der Waals surface area contributed by atoms with Gasteiger partial charge >= 0.3 is 6.18 Å². The third-order valence-corrected chi connectivity index (χ3v) is 5.45. The summed E-state index contributed by atoms with van der Waals surface area (Å²) in [6, 6.07) is 17.3. The topological polar surface area (TPSA) is 69.4 Å². The number of benzene rings is 2. The van der Waals surface area contributed by atoms with Crippen molar-refractivity contribution < 1.29 is 23.0 Å². The zero-order valence-electron chi connectivity index (χ0n) is 17.0. The summed E-state index contributed by atoms with van der Waals surface area (Å²) in [6.45, 7) is 1.02. The van der Waals surface area contributed by atoms with Gasteiger partial charge in [0.1, 0.15) is 6.10 Å². The normalized spacial score (nSPS) is 16.1. The standard InChI is InChI=1S/C24H20F3N3O2/c25-24(26,27)19-6-8-23(29-13-19)32-20-9-10-30(14-20)22-7-5-16(11-18(22)15-31)21-4-2-1-3-17(21)12-28/h1-8,11,13,20,31H,9-10,14-15H2. The fraction of sp³-hybridized carbons (Fsp3) is 0.250. The van der Waals surface area contributed by atoms with E-state index in [4.69, 9.17) is 4.74 Å². The number of ether oxygens (including phenoxy) is 1.